The van der Waals surface area contributed by atoms with Crippen LogP contribution in [0.2, 0.25) is 0 Å². The number of aromatic nitrogens is 3. The lowest BCUT2D eigenvalue weighted by atomic mass is 10.2. The third kappa shape index (κ3) is 2.88. The topological polar surface area (TPSA) is 94.2 Å². The van der Waals surface area contributed by atoms with Gasteiger partial charge in [-0.2, -0.15) is 5.10 Å². The molecule has 0 bridgehead atoms. The van der Waals surface area contributed by atoms with Gasteiger partial charge in [-0.3, -0.25) is 5.10 Å². The van der Waals surface area contributed by atoms with Crippen LogP contribution in [0, 0.1) is 0 Å². The van der Waals surface area contributed by atoms with Crippen LogP contribution in [0.5, 0.6) is 0 Å². The van der Waals surface area contributed by atoms with Crippen LogP contribution in [0.25, 0.3) is 21.6 Å². The lowest BCUT2D eigenvalue weighted by Crippen LogP contribution is -2.12. The van der Waals surface area contributed by atoms with Gasteiger partial charge in [0, 0.05) is 5.39 Å². The molecular formula is C16H15N3O4S. The van der Waals surface area contributed by atoms with E-state index in [0.29, 0.717) is 10.7 Å². The maximum absolute atomic E-state index is 12.1. The molecule has 3 aromatic rings. The summed E-state index contributed by atoms with van der Waals surface area (Å²) in [6.07, 6.45) is 0. The maximum atomic E-state index is 12.1. The zero-order chi connectivity index (χ0) is 17.1. The van der Waals surface area contributed by atoms with Gasteiger partial charge in [0.1, 0.15) is 15.6 Å². The molecule has 2 heterocycles. The minimum absolute atomic E-state index is 0.0395. The second-order valence-corrected chi connectivity index (χ2v) is 5.75. The van der Waals surface area contributed by atoms with E-state index in [0.717, 1.165) is 22.2 Å². The highest BCUT2D eigenvalue weighted by Gasteiger charge is 2.27. The lowest BCUT2D eigenvalue weighted by molar-refractivity contribution is 0.0479. The fourth-order valence-electron chi connectivity index (χ4n) is 2.22. The smallest absolute Gasteiger partial charge is 0.358 e. The lowest BCUT2D eigenvalue weighted by Gasteiger charge is -2.01. The summed E-state index contributed by atoms with van der Waals surface area (Å²) < 4.78 is 9.99. The molecule has 0 spiro atoms. The van der Waals surface area contributed by atoms with Crippen molar-refractivity contribution >= 4 is 34.2 Å². The summed E-state index contributed by atoms with van der Waals surface area (Å²) in [5, 5.41) is 8.47. The van der Waals surface area contributed by atoms with Crippen LogP contribution in [-0.2, 0) is 9.47 Å². The predicted molar refractivity (Wildman–Crippen MR) is 89.1 cm³/mol. The molecule has 1 aromatic carbocycles. The number of carbonyl (C=O) groups excluding carboxylic acids is 2. The van der Waals surface area contributed by atoms with Gasteiger partial charge in [-0.05, 0) is 19.9 Å². The van der Waals surface area contributed by atoms with Crippen molar-refractivity contribution in [3.05, 3.63) is 34.8 Å². The number of fused-ring (bicyclic) bond motifs is 1. The fourth-order valence-corrected chi connectivity index (χ4v) is 3.17. The van der Waals surface area contributed by atoms with Crippen molar-refractivity contribution in [2.75, 3.05) is 13.2 Å². The number of aromatic amines is 1. The number of hydrogen-bond donors (Lipinski definition) is 1. The highest BCUT2D eigenvalue weighted by atomic mass is 32.1. The van der Waals surface area contributed by atoms with E-state index in [2.05, 4.69) is 15.2 Å². The van der Waals surface area contributed by atoms with E-state index in [-0.39, 0.29) is 23.8 Å². The summed E-state index contributed by atoms with van der Waals surface area (Å²) in [6.45, 7) is 3.79. The molecule has 1 N–H and O–H groups in total. The number of esters is 2. The van der Waals surface area contributed by atoms with Crippen LogP contribution in [-0.4, -0.2) is 40.3 Å². The zero-order valence-corrected chi connectivity index (χ0v) is 14.0. The van der Waals surface area contributed by atoms with E-state index < -0.39 is 11.9 Å². The van der Waals surface area contributed by atoms with Gasteiger partial charge in [0.15, 0.2) is 5.69 Å². The third-order valence-corrected chi connectivity index (χ3v) is 4.27. The van der Waals surface area contributed by atoms with Crippen LogP contribution in [0.4, 0.5) is 0 Å². The summed E-state index contributed by atoms with van der Waals surface area (Å²) >= 11 is 1.07. The zero-order valence-electron chi connectivity index (χ0n) is 13.2. The molecule has 7 nitrogen and oxygen atoms in total. The van der Waals surface area contributed by atoms with Crippen molar-refractivity contribution in [3.8, 4) is 10.7 Å². The minimum Gasteiger partial charge on any atom is -0.462 e. The van der Waals surface area contributed by atoms with Crippen LogP contribution in [0.1, 0.15) is 34.0 Å². The van der Waals surface area contributed by atoms with Crippen molar-refractivity contribution < 1.29 is 19.1 Å². The Morgan fingerprint density at radius 3 is 2.58 bits per heavy atom. The molecule has 0 aliphatic heterocycles. The molecule has 124 valence electrons. The molecule has 0 aliphatic carbocycles. The quantitative estimate of drug-likeness (QED) is 0.714. The molecule has 0 fully saturated rings. The Bertz CT molecular complexity index is 864. The Balaban J connectivity index is 2.10. The Labute approximate surface area is 141 Å². The number of nitrogens with one attached hydrogen (secondary N) is 1. The Hall–Kier alpha value is -2.74. The van der Waals surface area contributed by atoms with Crippen molar-refractivity contribution in [3.63, 3.8) is 0 Å². The number of thiazole rings is 1. The van der Waals surface area contributed by atoms with Gasteiger partial charge in [-0.15, -0.1) is 11.3 Å². The first-order valence-corrected chi connectivity index (χ1v) is 8.25. The van der Waals surface area contributed by atoms with Gasteiger partial charge in [0.05, 0.1) is 18.7 Å². The summed E-state index contributed by atoms with van der Waals surface area (Å²) in [5.41, 5.74) is 1.39. The molecule has 0 radical (unpaired) electrons. The second kappa shape index (κ2) is 6.79. The predicted octanol–water partition coefficient (Wildman–Crippen LogP) is 3.04. The first-order chi connectivity index (χ1) is 11.7. The molecule has 0 atom stereocenters. The second-order valence-electron chi connectivity index (χ2n) is 4.76. The van der Waals surface area contributed by atoms with Gasteiger partial charge in [0.2, 0.25) is 0 Å². The van der Waals surface area contributed by atoms with E-state index in [1.165, 1.54) is 0 Å². The highest BCUT2D eigenvalue weighted by Crippen LogP contribution is 2.32. The molecular weight excluding hydrogens is 330 g/mol. The first-order valence-electron chi connectivity index (χ1n) is 7.44. The SMILES string of the molecule is CCOC(=O)c1nc(-c2n[nH]c3ccccc23)sc1C(=O)OCC. The summed E-state index contributed by atoms with van der Waals surface area (Å²) in [7, 11) is 0. The molecule has 3 rings (SSSR count). The fraction of sp³-hybridized carbons (Fsp3) is 0.250. The van der Waals surface area contributed by atoms with Gasteiger partial charge in [0.25, 0.3) is 0 Å². The van der Waals surface area contributed by atoms with Gasteiger partial charge >= 0.3 is 11.9 Å². The summed E-state index contributed by atoms with van der Waals surface area (Å²) in [4.78, 5) is 28.6. The van der Waals surface area contributed by atoms with Crippen LogP contribution in [0.3, 0.4) is 0 Å². The Kier molecular flexibility index (Phi) is 4.57. The molecule has 0 saturated heterocycles. The van der Waals surface area contributed by atoms with Crippen molar-refractivity contribution in [1.82, 2.24) is 15.2 Å². The average Bonchev–Trinajstić information content (AvgIpc) is 3.19. The van der Waals surface area contributed by atoms with E-state index in [1.807, 2.05) is 24.3 Å². The van der Waals surface area contributed by atoms with Crippen molar-refractivity contribution in [1.29, 1.82) is 0 Å². The van der Waals surface area contributed by atoms with Crippen LogP contribution >= 0.6 is 11.3 Å². The Morgan fingerprint density at radius 2 is 1.83 bits per heavy atom. The van der Waals surface area contributed by atoms with Crippen molar-refractivity contribution in [2.24, 2.45) is 0 Å². The molecule has 0 unspecified atom stereocenters. The van der Waals surface area contributed by atoms with Crippen LogP contribution in [0.15, 0.2) is 24.3 Å². The van der Waals surface area contributed by atoms with E-state index in [1.54, 1.807) is 13.8 Å². The number of H-pyrrole nitrogens is 1. The van der Waals surface area contributed by atoms with Crippen LogP contribution < -0.4 is 0 Å². The van der Waals surface area contributed by atoms with Gasteiger partial charge in [-0.1, -0.05) is 18.2 Å². The van der Waals surface area contributed by atoms with E-state index >= 15 is 0 Å². The molecule has 0 aliphatic rings. The number of nitrogens with zero attached hydrogens (tertiary/aromatic N) is 2. The first kappa shape index (κ1) is 16.1. The molecule has 0 saturated carbocycles. The number of hydrogen-bond acceptors (Lipinski definition) is 7. The normalized spacial score (nSPS) is 10.8. The van der Waals surface area contributed by atoms with Gasteiger partial charge < -0.3 is 9.47 Å². The number of benzene rings is 1. The standard InChI is InChI=1S/C16H15N3O4S/c1-3-22-15(20)12-13(16(21)23-4-2)24-14(17-12)11-9-7-5-6-8-10(9)18-19-11/h5-8H,3-4H2,1-2H3,(H,18,19). The summed E-state index contributed by atoms with van der Waals surface area (Å²) in [5.74, 6) is -1.24. The molecule has 24 heavy (non-hydrogen) atoms. The number of para-hydroxylation sites is 1. The number of rotatable bonds is 5. The largest absolute Gasteiger partial charge is 0.462 e. The molecule has 8 heteroatoms. The molecule has 2 aromatic heterocycles. The third-order valence-electron chi connectivity index (χ3n) is 3.23. The number of carbonyl (C=O) groups is 2. The Morgan fingerprint density at radius 1 is 1.12 bits per heavy atom. The van der Waals surface area contributed by atoms with Crippen molar-refractivity contribution in [2.45, 2.75) is 13.8 Å². The number of ether oxygens (including phenoxy) is 2. The monoisotopic (exact) mass is 345 g/mol. The minimum atomic E-state index is -0.650. The van der Waals surface area contributed by atoms with E-state index in [9.17, 15) is 9.59 Å². The van der Waals surface area contributed by atoms with Gasteiger partial charge in [-0.25, -0.2) is 14.6 Å². The highest BCUT2D eigenvalue weighted by molar-refractivity contribution is 7.17. The van der Waals surface area contributed by atoms with E-state index in [4.69, 9.17) is 9.47 Å². The average molecular weight is 345 g/mol. The molecule has 0 amide bonds. The summed E-state index contributed by atoms with van der Waals surface area (Å²) in [6, 6.07) is 7.55. The maximum Gasteiger partial charge on any atom is 0.358 e.